The number of nitrogens with two attached hydrogens (primary N) is 1. The van der Waals surface area contributed by atoms with Gasteiger partial charge in [-0.25, -0.2) is 0 Å². The molecule has 2 aliphatic rings. The summed E-state index contributed by atoms with van der Waals surface area (Å²) in [6, 6.07) is 1.81. The molecule has 17 heavy (non-hydrogen) atoms. The average molecular weight is 238 g/mol. The van der Waals surface area contributed by atoms with E-state index in [2.05, 4.69) is 32.6 Å². The first-order chi connectivity index (χ1) is 7.89. The molecule has 0 bridgehead atoms. The first-order valence-electron chi connectivity index (χ1n) is 7.41. The summed E-state index contributed by atoms with van der Waals surface area (Å²) in [5, 5.41) is 0. The summed E-state index contributed by atoms with van der Waals surface area (Å²) in [5.41, 5.74) is 6.83. The van der Waals surface area contributed by atoms with Gasteiger partial charge in [0, 0.05) is 18.1 Å². The van der Waals surface area contributed by atoms with Gasteiger partial charge in [0.25, 0.3) is 0 Å². The largest absolute Gasteiger partial charge is 0.326 e. The SMILES string of the molecule is CC1CCCN1C1CC(C(C)(C)C)CCC1N. The fraction of sp³-hybridized carbons (Fsp3) is 1.00. The van der Waals surface area contributed by atoms with Gasteiger partial charge in [-0.15, -0.1) is 0 Å². The van der Waals surface area contributed by atoms with Gasteiger partial charge < -0.3 is 5.73 Å². The van der Waals surface area contributed by atoms with Gasteiger partial charge in [-0.3, -0.25) is 4.90 Å². The maximum atomic E-state index is 6.38. The van der Waals surface area contributed by atoms with Crippen molar-refractivity contribution in [1.29, 1.82) is 0 Å². The monoisotopic (exact) mass is 238 g/mol. The number of hydrogen-bond acceptors (Lipinski definition) is 2. The highest BCUT2D eigenvalue weighted by Crippen LogP contribution is 2.40. The van der Waals surface area contributed by atoms with Gasteiger partial charge in [0.2, 0.25) is 0 Å². The second kappa shape index (κ2) is 4.89. The molecule has 2 nitrogen and oxygen atoms in total. The van der Waals surface area contributed by atoms with Crippen LogP contribution in [-0.4, -0.2) is 29.6 Å². The van der Waals surface area contributed by atoms with Crippen LogP contribution in [0, 0.1) is 11.3 Å². The Balaban J connectivity index is 2.04. The number of hydrogen-bond donors (Lipinski definition) is 1. The standard InChI is InChI=1S/C15H30N2/c1-11-6-5-9-17(11)14-10-12(15(2,3)4)7-8-13(14)16/h11-14H,5-10,16H2,1-4H3. The Hall–Kier alpha value is -0.0800. The van der Waals surface area contributed by atoms with Crippen molar-refractivity contribution in [3.05, 3.63) is 0 Å². The van der Waals surface area contributed by atoms with Crippen molar-refractivity contribution in [2.24, 2.45) is 17.1 Å². The average Bonchev–Trinajstić information content (AvgIpc) is 2.63. The normalized spacial score (nSPS) is 40.8. The molecule has 2 rings (SSSR count). The maximum Gasteiger partial charge on any atom is 0.0252 e. The molecule has 0 aromatic heterocycles. The lowest BCUT2D eigenvalue weighted by molar-refractivity contribution is 0.0657. The molecule has 2 fully saturated rings. The van der Waals surface area contributed by atoms with E-state index in [4.69, 9.17) is 5.73 Å². The summed E-state index contributed by atoms with van der Waals surface area (Å²) in [6.07, 6.45) is 6.59. The first kappa shape index (κ1) is 13.4. The van der Waals surface area contributed by atoms with E-state index in [-0.39, 0.29) is 0 Å². The van der Waals surface area contributed by atoms with E-state index < -0.39 is 0 Å². The van der Waals surface area contributed by atoms with Crippen LogP contribution in [0.25, 0.3) is 0 Å². The van der Waals surface area contributed by atoms with E-state index in [1.807, 2.05) is 0 Å². The molecule has 2 N–H and O–H groups in total. The highest BCUT2D eigenvalue weighted by atomic mass is 15.2. The molecule has 1 saturated carbocycles. The highest BCUT2D eigenvalue weighted by molar-refractivity contribution is 4.95. The van der Waals surface area contributed by atoms with Crippen LogP contribution in [0.2, 0.25) is 0 Å². The molecule has 1 aliphatic carbocycles. The molecule has 0 radical (unpaired) electrons. The molecule has 1 aliphatic heterocycles. The fourth-order valence-electron chi connectivity index (χ4n) is 3.79. The molecule has 1 saturated heterocycles. The van der Waals surface area contributed by atoms with Crippen LogP contribution in [0.5, 0.6) is 0 Å². The Labute approximate surface area is 107 Å². The van der Waals surface area contributed by atoms with Crippen molar-refractivity contribution in [1.82, 2.24) is 4.90 Å². The van der Waals surface area contributed by atoms with Crippen LogP contribution >= 0.6 is 0 Å². The first-order valence-corrected chi connectivity index (χ1v) is 7.41. The van der Waals surface area contributed by atoms with Crippen molar-refractivity contribution in [3.63, 3.8) is 0 Å². The van der Waals surface area contributed by atoms with Crippen LogP contribution in [0.3, 0.4) is 0 Å². The van der Waals surface area contributed by atoms with E-state index >= 15 is 0 Å². The molecular weight excluding hydrogens is 208 g/mol. The van der Waals surface area contributed by atoms with Gasteiger partial charge in [-0.2, -0.15) is 0 Å². The molecule has 4 unspecified atom stereocenters. The van der Waals surface area contributed by atoms with Crippen molar-refractivity contribution in [3.8, 4) is 0 Å². The molecule has 1 heterocycles. The number of likely N-dealkylation sites (tertiary alicyclic amines) is 1. The zero-order valence-corrected chi connectivity index (χ0v) is 12.1. The Bertz CT molecular complexity index is 256. The van der Waals surface area contributed by atoms with Crippen LogP contribution in [0.15, 0.2) is 0 Å². The van der Waals surface area contributed by atoms with Crippen molar-refractivity contribution < 1.29 is 0 Å². The zero-order chi connectivity index (χ0) is 12.6. The maximum absolute atomic E-state index is 6.38. The molecule has 0 spiro atoms. The van der Waals surface area contributed by atoms with Crippen molar-refractivity contribution >= 4 is 0 Å². The highest BCUT2D eigenvalue weighted by Gasteiger charge is 2.39. The van der Waals surface area contributed by atoms with Crippen molar-refractivity contribution in [2.75, 3.05) is 6.54 Å². The van der Waals surface area contributed by atoms with E-state index in [1.165, 1.54) is 38.6 Å². The number of rotatable bonds is 1. The van der Waals surface area contributed by atoms with Crippen LogP contribution in [-0.2, 0) is 0 Å². The van der Waals surface area contributed by atoms with Gasteiger partial charge in [-0.05, 0) is 56.9 Å². The Kier molecular flexibility index (Phi) is 3.84. The summed E-state index contributed by atoms with van der Waals surface area (Å²) >= 11 is 0. The summed E-state index contributed by atoms with van der Waals surface area (Å²) in [7, 11) is 0. The molecule has 0 aromatic carbocycles. The molecule has 2 heteroatoms. The number of nitrogens with zero attached hydrogens (tertiary/aromatic N) is 1. The third kappa shape index (κ3) is 2.85. The minimum Gasteiger partial charge on any atom is -0.326 e. The fourth-order valence-corrected chi connectivity index (χ4v) is 3.79. The lowest BCUT2D eigenvalue weighted by Gasteiger charge is -2.45. The summed E-state index contributed by atoms with van der Waals surface area (Å²) < 4.78 is 0. The lowest BCUT2D eigenvalue weighted by atomic mass is 9.69. The quantitative estimate of drug-likeness (QED) is 0.761. The summed E-state index contributed by atoms with van der Waals surface area (Å²) in [5.74, 6) is 0.847. The van der Waals surface area contributed by atoms with Gasteiger partial charge in [0.05, 0.1) is 0 Å². The van der Waals surface area contributed by atoms with Crippen LogP contribution < -0.4 is 5.73 Å². The minimum atomic E-state index is 0.411. The van der Waals surface area contributed by atoms with E-state index in [0.29, 0.717) is 17.5 Å². The predicted molar refractivity (Wildman–Crippen MR) is 74.0 cm³/mol. The smallest absolute Gasteiger partial charge is 0.0252 e. The van der Waals surface area contributed by atoms with Gasteiger partial charge in [-0.1, -0.05) is 20.8 Å². The zero-order valence-electron chi connectivity index (χ0n) is 12.1. The molecule has 0 amide bonds. The third-order valence-corrected chi connectivity index (χ3v) is 5.12. The molecule has 4 atom stereocenters. The topological polar surface area (TPSA) is 29.3 Å². The lowest BCUT2D eigenvalue weighted by Crippen LogP contribution is -2.53. The third-order valence-electron chi connectivity index (χ3n) is 5.12. The van der Waals surface area contributed by atoms with Crippen LogP contribution in [0.4, 0.5) is 0 Å². The Morgan fingerprint density at radius 1 is 1.12 bits per heavy atom. The second-order valence-corrected chi connectivity index (χ2v) is 7.34. The van der Waals surface area contributed by atoms with E-state index in [9.17, 15) is 0 Å². The van der Waals surface area contributed by atoms with Crippen molar-refractivity contribution in [2.45, 2.75) is 77.9 Å². The van der Waals surface area contributed by atoms with Crippen LogP contribution in [0.1, 0.15) is 59.8 Å². The summed E-state index contributed by atoms with van der Waals surface area (Å²) in [6.45, 7) is 10.8. The van der Waals surface area contributed by atoms with Gasteiger partial charge in [0.1, 0.15) is 0 Å². The Morgan fingerprint density at radius 2 is 1.82 bits per heavy atom. The molecule has 0 aromatic rings. The minimum absolute atomic E-state index is 0.411. The Morgan fingerprint density at radius 3 is 2.35 bits per heavy atom. The van der Waals surface area contributed by atoms with E-state index in [0.717, 1.165) is 12.0 Å². The second-order valence-electron chi connectivity index (χ2n) is 7.34. The predicted octanol–water partition coefficient (Wildman–Crippen LogP) is 3.01. The van der Waals surface area contributed by atoms with E-state index in [1.54, 1.807) is 0 Å². The van der Waals surface area contributed by atoms with Gasteiger partial charge >= 0.3 is 0 Å². The van der Waals surface area contributed by atoms with Gasteiger partial charge in [0.15, 0.2) is 0 Å². The molecular formula is C15H30N2. The molecule has 100 valence electrons. The summed E-state index contributed by atoms with van der Waals surface area (Å²) in [4.78, 5) is 2.70.